The van der Waals surface area contributed by atoms with Crippen molar-refractivity contribution in [2.24, 2.45) is 0 Å². The number of likely N-dealkylation sites (N-methyl/N-ethyl adjacent to an activating group) is 1. The van der Waals surface area contributed by atoms with Crippen molar-refractivity contribution in [3.8, 4) is 0 Å². The summed E-state index contributed by atoms with van der Waals surface area (Å²) in [5.74, 6) is -0.867. The normalized spacial score (nSPS) is 11.3. The predicted octanol–water partition coefficient (Wildman–Crippen LogP) is 1.06. The van der Waals surface area contributed by atoms with Crippen LogP contribution in [0.3, 0.4) is 0 Å². The summed E-state index contributed by atoms with van der Waals surface area (Å²) < 4.78 is 30.7. The minimum absolute atomic E-state index is 0.0805. The molecule has 0 bridgehead atoms. The number of esters is 1. The molecule has 140 valence electrons. The van der Waals surface area contributed by atoms with Gasteiger partial charge in [-0.3, -0.25) is 14.9 Å². The summed E-state index contributed by atoms with van der Waals surface area (Å²) in [7, 11) is -1.15. The summed E-state index contributed by atoms with van der Waals surface area (Å²) in [5.41, 5.74) is 0. The Labute approximate surface area is 158 Å². The zero-order valence-electron chi connectivity index (χ0n) is 13.9. The van der Waals surface area contributed by atoms with Crippen LogP contribution in [0.4, 0.5) is 5.13 Å². The van der Waals surface area contributed by atoms with Gasteiger partial charge in [0.1, 0.15) is 0 Å². The largest absolute Gasteiger partial charge is 0.468 e. The van der Waals surface area contributed by atoms with E-state index in [-0.39, 0.29) is 22.3 Å². The highest BCUT2D eigenvalue weighted by molar-refractivity contribution is 8.01. The van der Waals surface area contributed by atoms with E-state index in [1.807, 2.05) is 0 Å². The summed E-state index contributed by atoms with van der Waals surface area (Å²) in [5, 5.41) is 10.3. The van der Waals surface area contributed by atoms with Gasteiger partial charge in [-0.1, -0.05) is 41.3 Å². The number of hydrogen-bond acceptors (Lipinski definition) is 9. The second-order valence-electron chi connectivity index (χ2n) is 4.86. The van der Waals surface area contributed by atoms with E-state index in [0.29, 0.717) is 4.34 Å². The van der Waals surface area contributed by atoms with Crippen molar-refractivity contribution in [1.29, 1.82) is 0 Å². The number of rotatable bonds is 8. The maximum Gasteiger partial charge on any atom is 0.316 e. The highest BCUT2D eigenvalue weighted by Gasteiger charge is 2.23. The summed E-state index contributed by atoms with van der Waals surface area (Å²) in [4.78, 5) is 23.3. The molecule has 0 unspecified atom stereocenters. The molecule has 0 spiro atoms. The third-order valence-corrected chi connectivity index (χ3v) is 6.77. The van der Waals surface area contributed by atoms with Gasteiger partial charge < -0.3 is 4.74 Å². The lowest BCUT2D eigenvalue weighted by atomic mass is 10.4. The number of carbonyl (C=O) groups is 2. The van der Waals surface area contributed by atoms with Gasteiger partial charge in [0.2, 0.25) is 21.1 Å². The topological polar surface area (TPSA) is 119 Å². The number of carbonyl (C=O) groups excluding carboxylic acids is 2. The standard InChI is InChI=1S/C14H16N4O5S3/c1-18(26(21,22)10-6-4-3-5-7-10)8-11(19)15-13-16-17-14(25-13)24-9-12(20)23-2/h3-7H,8-9H2,1-2H3,(H,15,16,19). The molecule has 1 aromatic heterocycles. The molecule has 2 rings (SSSR count). The van der Waals surface area contributed by atoms with E-state index < -0.39 is 21.9 Å². The molecule has 9 nitrogen and oxygen atoms in total. The van der Waals surface area contributed by atoms with Crippen LogP contribution in [0.15, 0.2) is 39.6 Å². The molecule has 0 saturated heterocycles. The molecule has 0 aliphatic carbocycles. The molecule has 1 amide bonds. The maximum atomic E-state index is 12.4. The van der Waals surface area contributed by atoms with Crippen molar-refractivity contribution in [2.45, 2.75) is 9.24 Å². The Bertz CT molecular complexity index is 870. The van der Waals surface area contributed by atoms with Crippen LogP contribution < -0.4 is 5.32 Å². The second-order valence-corrected chi connectivity index (χ2v) is 9.11. The van der Waals surface area contributed by atoms with Crippen LogP contribution in [-0.4, -0.2) is 61.3 Å². The Morgan fingerprint density at radius 2 is 1.96 bits per heavy atom. The van der Waals surface area contributed by atoms with Crippen molar-refractivity contribution < 1.29 is 22.7 Å². The second kappa shape index (κ2) is 9.07. The van der Waals surface area contributed by atoms with Crippen LogP contribution in [-0.2, 0) is 24.3 Å². The average molecular weight is 417 g/mol. The van der Waals surface area contributed by atoms with Gasteiger partial charge >= 0.3 is 5.97 Å². The predicted molar refractivity (Wildman–Crippen MR) is 97.5 cm³/mol. The minimum atomic E-state index is -3.76. The Morgan fingerprint density at radius 3 is 2.62 bits per heavy atom. The number of methoxy groups -OCH3 is 1. The molecular weight excluding hydrogens is 400 g/mol. The number of nitrogens with one attached hydrogen (secondary N) is 1. The van der Waals surface area contributed by atoms with E-state index >= 15 is 0 Å². The molecule has 0 aliphatic heterocycles. The number of ether oxygens (including phenoxy) is 1. The number of thioether (sulfide) groups is 1. The Hall–Kier alpha value is -2.02. The van der Waals surface area contributed by atoms with E-state index in [4.69, 9.17) is 0 Å². The van der Waals surface area contributed by atoms with Gasteiger partial charge in [0.05, 0.1) is 24.3 Å². The van der Waals surface area contributed by atoms with Crippen LogP contribution in [0.2, 0.25) is 0 Å². The molecule has 0 radical (unpaired) electrons. The molecule has 0 fully saturated rings. The van der Waals surface area contributed by atoms with E-state index in [1.165, 1.54) is 26.3 Å². The monoisotopic (exact) mass is 416 g/mol. The first-order valence-corrected chi connectivity index (χ1v) is 10.4. The maximum absolute atomic E-state index is 12.4. The number of aromatic nitrogens is 2. The van der Waals surface area contributed by atoms with E-state index in [0.717, 1.165) is 27.4 Å². The van der Waals surface area contributed by atoms with Gasteiger partial charge in [0, 0.05) is 7.05 Å². The number of amides is 1. The first-order valence-electron chi connectivity index (χ1n) is 7.17. The van der Waals surface area contributed by atoms with Crippen LogP contribution in [0, 0.1) is 0 Å². The molecule has 26 heavy (non-hydrogen) atoms. The van der Waals surface area contributed by atoms with E-state index in [1.54, 1.807) is 18.2 Å². The summed E-state index contributed by atoms with van der Waals surface area (Å²) >= 11 is 2.21. The first kappa shape index (κ1) is 20.3. The lowest BCUT2D eigenvalue weighted by Crippen LogP contribution is -2.34. The third kappa shape index (κ3) is 5.49. The Morgan fingerprint density at radius 1 is 1.27 bits per heavy atom. The number of nitrogens with zero attached hydrogens (tertiary/aromatic N) is 3. The molecule has 1 aromatic carbocycles. The lowest BCUT2D eigenvalue weighted by Gasteiger charge is -2.16. The minimum Gasteiger partial charge on any atom is -0.468 e. The fraction of sp³-hybridized carbons (Fsp3) is 0.286. The van der Waals surface area contributed by atoms with Crippen LogP contribution in [0.5, 0.6) is 0 Å². The highest BCUT2D eigenvalue weighted by atomic mass is 32.2. The number of anilines is 1. The highest BCUT2D eigenvalue weighted by Crippen LogP contribution is 2.25. The summed E-state index contributed by atoms with van der Waals surface area (Å²) in [6.07, 6.45) is 0. The number of sulfonamides is 1. The van der Waals surface area contributed by atoms with Crippen molar-refractivity contribution in [3.05, 3.63) is 30.3 Å². The van der Waals surface area contributed by atoms with Crippen LogP contribution in [0.1, 0.15) is 0 Å². The van der Waals surface area contributed by atoms with Gasteiger partial charge in [-0.05, 0) is 12.1 Å². The fourth-order valence-electron chi connectivity index (χ4n) is 1.72. The molecular formula is C14H16N4O5S3. The van der Waals surface area contributed by atoms with Gasteiger partial charge in [0.25, 0.3) is 0 Å². The van der Waals surface area contributed by atoms with Gasteiger partial charge in [0.15, 0.2) is 4.34 Å². The quantitative estimate of drug-likeness (QED) is 0.385. The molecule has 2 aromatic rings. The molecule has 1 N–H and O–H groups in total. The molecule has 0 saturated carbocycles. The SMILES string of the molecule is COC(=O)CSc1nnc(NC(=O)CN(C)S(=O)(=O)c2ccccc2)s1. The van der Waals surface area contributed by atoms with E-state index in [2.05, 4.69) is 20.3 Å². The molecule has 1 heterocycles. The average Bonchev–Trinajstić information content (AvgIpc) is 3.07. The van der Waals surface area contributed by atoms with Gasteiger partial charge in [-0.25, -0.2) is 8.42 Å². The van der Waals surface area contributed by atoms with E-state index in [9.17, 15) is 18.0 Å². The fourth-order valence-corrected chi connectivity index (χ4v) is 4.47. The smallest absolute Gasteiger partial charge is 0.316 e. The zero-order valence-corrected chi connectivity index (χ0v) is 16.4. The molecule has 0 aliphatic rings. The van der Waals surface area contributed by atoms with Gasteiger partial charge in [-0.15, -0.1) is 10.2 Å². The lowest BCUT2D eigenvalue weighted by molar-refractivity contribution is -0.137. The Balaban J connectivity index is 1.92. The van der Waals surface area contributed by atoms with Crippen molar-refractivity contribution in [1.82, 2.24) is 14.5 Å². The summed E-state index contributed by atoms with van der Waals surface area (Å²) in [6.45, 7) is -0.374. The Kier molecular flexibility index (Phi) is 7.08. The van der Waals surface area contributed by atoms with Crippen LogP contribution in [0.25, 0.3) is 0 Å². The van der Waals surface area contributed by atoms with Crippen molar-refractivity contribution in [3.63, 3.8) is 0 Å². The zero-order chi connectivity index (χ0) is 19.2. The number of hydrogen-bond donors (Lipinski definition) is 1. The van der Waals surface area contributed by atoms with Gasteiger partial charge in [-0.2, -0.15) is 4.31 Å². The third-order valence-electron chi connectivity index (χ3n) is 3.01. The first-order chi connectivity index (χ1) is 12.3. The number of benzene rings is 1. The van der Waals surface area contributed by atoms with Crippen molar-refractivity contribution >= 4 is 50.1 Å². The van der Waals surface area contributed by atoms with Crippen molar-refractivity contribution in [2.75, 3.05) is 31.8 Å². The summed E-state index contributed by atoms with van der Waals surface area (Å²) in [6, 6.07) is 7.83. The molecule has 12 heteroatoms. The van der Waals surface area contributed by atoms with Crippen LogP contribution >= 0.6 is 23.1 Å². The molecule has 0 atom stereocenters.